The minimum Gasteiger partial charge on any atom is -0.346 e. The van der Waals surface area contributed by atoms with Crippen molar-refractivity contribution in [2.45, 2.75) is 12.6 Å². The molecule has 0 fully saturated rings. The second kappa shape index (κ2) is 3.21. The first-order chi connectivity index (χ1) is 9.15. The number of anilines is 3. The Bertz CT molecular complexity index is 704. The minimum absolute atomic E-state index is 0.187. The second-order valence-electron chi connectivity index (χ2n) is 5.40. The maximum absolute atomic E-state index is 4.36. The Kier molecular flexibility index (Phi) is 1.80. The molecule has 2 aromatic rings. The third-order valence-electron chi connectivity index (χ3n) is 4.61. The fourth-order valence-corrected chi connectivity index (χ4v) is 3.44. The Hall–Kier alpha value is -2.22. The number of hydrogen-bond donors (Lipinski definition) is 0. The van der Waals surface area contributed by atoms with Crippen LogP contribution in [-0.2, 0) is 0 Å². The average Bonchev–Trinajstić information content (AvgIpc) is 2.81. The van der Waals surface area contributed by atoms with Gasteiger partial charge in [0.25, 0.3) is 0 Å². The van der Waals surface area contributed by atoms with Crippen LogP contribution < -0.4 is 9.80 Å². The van der Waals surface area contributed by atoms with Gasteiger partial charge in [-0.1, -0.05) is 36.9 Å². The van der Waals surface area contributed by atoms with Crippen LogP contribution in [0.15, 0.2) is 55.1 Å². The molecule has 2 heterocycles. The first-order valence-electron chi connectivity index (χ1n) is 6.57. The molecule has 2 aromatic carbocycles. The van der Waals surface area contributed by atoms with E-state index in [1.165, 1.54) is 28.2 Å². The topological polar surface area (TPSA) is 6.48 Å². The Labute approximate surface area is 113 Å². The molecular formula is C17H16N2. The van der Waals surface area contributed by atoms with Crippen LogP contribution in [0.5, 0.6) is 0 Å². The van der Waals surface area contributed by atoms with Gasteiger partial charge in [0.05, 0.1) is 17.1 Å². The summed E-state index contributed by atoms with van der Waals surface area (Å²) >= 11 is 0. The molecule has 0 aromatic heterocycles. The zero-order valence-corrected chi connectivity index (χ0v) is 11.2. The molecule has 0 saturated carbocycles. The van der Waals surface area contributed by atoms with Crippen molar-refractivity contribution >= 4 is 22.6 Å². The van der Waals surface area contributed by atoms with Gasteiger partial charge in [0.1, 0.15) is 5.66 Å². The Morgan fingerprint density at radius 2 is 1.47 bits per heavy atom. The van der Waals surface area contributed by atoms with Gasteiger partial charge >= 0.3 is 0 Å². The number of fused-ring (bicyclic) bond motifs is 5. The third kappa shape index (κ3) is 1.04. The lowest BCUT2D eigenvalue weighted by Crippen LogP contribution is -2.48. The summed E-state index contributed by atoms with van der Waals surface area (Å²) < 4.78 is 0. The lowest BCUT2D eigenvalue weighted by atomic mass is 9.99. The van der Waals surface area contributed by atoms with E-state index in [4.69, 9.17) is 0 Å². The highest BCUT2D eigenvalue weighted by Gasteiger charge is 2.52. The number of likely N-dealkylation sites (N-methyl/N-ethyl adjacent to an activating group) is 1. The third-order valence-corrected chi connectivity index (χ3v) is 4.61. The molecule has 0 bridgehead atoms. The second-order valence-corrected chi connectivity index (χ2v) is 5.40. The van der Waals surface area contributed by atoms with Gasteiger partial charge in [-0.25, -0.2) is 0 Å². The lowest BCUT2D eigenvalue weighted by Gasteiger charge is -2.37. The molecule has 1 atom stereocenters. The molecule has 2 heteroatoms. The Morgan fingerprint density at radius 1 is 0.895 bits per heavy atom. The zero-order valence-electron chi connectivity index (χ0n) is 11.2. The van der Waals surface area contributed by atoms with Crippen LogP contribution in [0.1, 0.15) is 12.5 Å². The minimum atomic E-state index is -0.187. The van der Waals surface area contributed by atoms with E-state index in [-0.39, 0.29) is 5.66 Å². The van der Waals surface area contributed by atoms with E-state index in [2.05, 4.69) is 78.9 Å². The summed E-state index contributed by atoms with van der Waals surface area (Å²) in [5.41, 5.74) is 6.02. The molecule has 0 aliphatic carbocycles. The quantitative estimate of drug-likeness (QED) is 0.695. The predicted molar refractivity (Wildman–Crippen MR) is 80.9 cm³/mol. The van der Waals surface area contributed by atoms with E-state index in [1.807, 2.05) is 0 Å². The maximum atomic E-state index is 4.36. The van der Waals surface area contributed by atoms with E-state index in [0.717, 1.165) is 0 Å². The van der Waals surface area contributed by atoms with Crippen LogP contribution in [0.2, 0.25) is 0 Å². The molecule has 0 saturated heterocycles. The molecule has 4 rings (SSSR count). The van der Waals surface area contributed by atoms with Crippen LogP contribution in [0.3, 0.4) is 0 Å². The monoisotopic (exact) mass is 248 g/mol. The number of benzene rings is 2. The molecule has 2 aliphatic heterocycles. The Balaban J connectivity index is 2.07. The zero-order chi connectivity index (χ0) is 13.2. The van der Waals surface area contributed by atoms with Crippen molar-refractivity contribution in [2.24, 2.45) is 0 Å². The SMILES string of the molecule is C=C1c2ccccc2N2c3ccccc3N(C)[C@]12C. The molecule has 0 N–H and O–H groups in total. The first-order valence-corrected chi connectivity index (χ1v) is 6.57. The fraction of sp³-hybridized carbons (Fsp3) is 0.176. The molecule has 2 nitrogen and oxygen atoms in total. The van der Waals surface area contributed by atoms with Crippen molar-refractivity contribution in [1.82, 2.24) is 0 Å². The van der Waals surface area contributed by atoms with E-state index < -0.39 is 0 Å². The molecule has 0 spiro atoms. The van der Waals surface area contributed by atoms with Gasteiger partial charge in [-0.05, 0) is 25.1 Å². The van der Waals surface area contributed by atoms with Gasteiger partial charge in [-0.15, -0.1) is 0 Å². The highest BCUT2D eigenvalue weighted by molar-refractivity contribution is 6.02. The summed E-state index contributed by atoms with van der Waals surface area (Å²) in [5.74, 6) is 0. The molecule has 0 unspecified atom stereocenters. The van der Waals surface area contributed by atoms with E-state index in [9.17, 15) is 0 Å². The van der Waals surface area contributed by atoms with Crippen LogP contribution in [0.25, 0.3) is 5.57 Å². The Morgan fingerprint density at radius 3 is 2.21 bits per heavy atom. The summed E-state index contributed by atoms with van der Waals surface area (Å²) in [6.45, 7) is 6.61. The molecule has 2 aliphatic rings. The van der Waals surface area contributed by atoms with Crippen LogP contribution in [0, 0.1) is 0 Å². The van der Waals surface area contributed by atoms with Crippen molar-refractivity contribution in [2.75, 3.05) is 16.8 Å². The number of rotatable bonds is 0. The molecule has 19 heavy (non-hydrogen) atoms. The van der Waals surface area contributed by atoms with Crippen molar-refractivity contribution in [3.05, 3.63) is 60.7 Å². The van der Waals surface area contributed by atoms with Gasteiger partial charge in [0.15, 0.2) is 0 Å². The normalized spacial score (nSPS) is 23.4. The highest BCUT2D eigenvalue weighted by Crippen LogP contribution is 2.58. The van der Waals surface area contributed by atoms with Crippen LogP contribution in [0.4, 0.5) is 17.1 Å². The fourth-order valence-electron chi connectivity index (χ4n) is 3.44. The summed E-state index contributed by atoms with van der Waals surface area (Å²) in [5, 5.41) is 0. The van der Waals surface area contributed by atoms with Crippen molar-refractivity contribution in [3.8, 4) is 0 Å². The van der Waals surface area contributed by atoms with E-state index in [1.54, 1.807) is 0 Å². The summed E-state index contributed by atoms with van der Waals surface area (Å²) in [6, 6.07) is 17.1. The maximum Gasteiger partial charge on any atom is 0.141 e. The van der Waals surface area contributed by atoms with Crippen molar-refractivity contribution < 1.29 is 0 Å². The highest BCUT2D eigenvalue weighted by atomic mass is 15.5. The van der Waals surface area contributed by atoms with Gasteiger partial charge in [0, 0.05) is 18.2 Å². The summed E-state index contributed by atoms with van der Waals surface area (Å²) in [6.07, 6.45) is 0. The summed E-state index contributed by atoms with van der Waals surface area (Å²) in [7, 11) is 2.15. The standard InChI is InChI=1S/C17H16N2/c1-12-13-8-4-5-9-14(13)19-16-11-7-6-10-15(16)18(3)17(12,19)2/h4-11H,1H2,2-3H3/t17-/m0/s1. The largest absolute Gasteiger partial charge is 0.346 e. The predicted octanol–water partition coefficient (Wildman–Crippen LogP) is 4.02. The molecule has 0 amide bonds. The molecule has 94 valence electrons. The first kappa shape index (κ1) is 10.7. The van der Waals surface area contributed by atoms with E-state index in [0.29, 0.717) is 0 Å². The average molecular weight is 248 g/mol. The van der Waals surface area contributed by atoms with Crippen molar-refractivity contribution in [1.29, 1.82) is 0 Å². The summed E-state index contributed by atoms with van der Waals surface area (Å²) in [4.78, 5) is 4.73. The molecule has 0 radical (unpaired) electrons. The number of para-hydroxylation sites is 3. The van der Waals surface area contributed by atoms with Crippen LogP contribution >= 0.6 is 0 Å². The number of nitrogens with zero attached hydrogens (tertiary/aromatic N) is 2. The van der Waals surface area contributed by atoms with Gasteiger partial charge < -0.3 is 9.80 Å². The van der Waals surface area contributed by atoms with Gasteiger partial charge in [-0.3, -0.25) is 0 Å². The lowest BCUT2D eigenvalue weighted by molar-refractivity contribution is 0.621. The molecular weight excluding hydrogens is 232 g/mol. The van der Waals surface area contributed by atoms with Crippen LogP contribution in [-0.4, -0.2) is 12.7 Å². The van der Waals surface area contributed by atoms with Gasteiger partial charge in [0.2, 0.25) is 0 Å². The smallest absolute Gasteiger partial charge is 0.141 e. The number of hydrogen-bond acceptors (Lipinski definition) is 2. The van der Waals surface area contributed by atoms with E-state index >= 15 is 0 Å². The van der Waals surface area contributed by atoms with Crippen molar-refractivity contribution in [3.63, 3.8) is 0 Å². The van der Waals surface area contributed by atoms with Gasteiger partial charge in [-0.2, -0.15) is 0 Å².